The molecule has 2 nitrogen and oxygen atoms in total. The quantitative estimate of drug-likeness (QED) is 0.815. The van der Waals surface area contributed by atoms with E-state index in [2.05, 4.69) is 55.7 Å². The molecular weight excluding hydrogens is 232 g/mol. The van der Waals surface area contributed by atoms with Gasteiger partial charge in [0, 0.05) is 31.9 Å². The fourth-order valence-corrected chi connectivity index (χ4v) is 2.90. The summed E-state index contributed by atoms with van der Waals surface area (Å²) in [5, 5.41) is 0. The van der Waals surface area contributed by atoms with Crippen LogP contribution in [0.1, 0.15) is 44.2 Å². The van der Waals surface area contributed by atoms with Crippen LogP contribution in [0, 0.1) is 6.92 Å². The Morgan fingerprint density at radius 2 is 1.79 bits per heavy atom. The second-order valence-electron chi connectivity index (χ2n) is 5.77. The molecule has 106 valence electrons. The number of hydrogen-bond donors (Lipinski definition) is 0. The van der Waals surface area contributed by atoms with Crippen molar-refractivity contribution in [1.82, 2.24) is 4.90 Å². The average Bonchev–Trinajstić information content (AvgIpc) is 2.47. The summed E-state index contributed by atoms with van der Waals surface area (Å²) in [6, 6.07) is 7.01. The highest BCUT2D eigenvalue weighted by molar-refractivity contribution is 5.52. The standard InChI is InChI=1S/C17H28N2/c1-5-14(3)17-13-16(8-7-15(17)4)19-11-9-18(6-2)10-12-19/h7-8,13-14H,5-6,9-12H2,1-4H3. The van der Waals surface area contributed by atoms with Crippen LogP contribution in [-0.2, 0) is 0 Å². The normalized spacial score (nSPS) is 18.6. The van der Waals surface area contributed by atoms with Crippen molar-refractivity contribution in [2.45, 2.75) is 40.0 Å². The first-order valence-corrected chi connectivity index (χ1v) is 7.73. The van der Waals surface area contributed by atoms with Crippen molar-refractivity contribution in [2.24, 2.45) is 0 Å². The summed E-state index contributed by atoms with van der Waals surface area (Å²) in [6.45, 7) is 15.0. The Morgan fingerprint density at radius 3 is 2.37 bits per heavy atom. The van der Waals surface area contributed by atoms with Crippen molar-refractivity contribution in [2.75, 3.05) is 37.6 Å². The number of hydrogen-bond acceptors (Lipinski definition) is 2. The van der Waals surface area contributed by atoms with Gasteiger partial charge >= 0.3 is 0 Å². The van der Waals surface area contributed by atoms with Crippen LogP contribution in [0.4, 0.5) is 5.69 Å². The summed E-state index contributed by atoms with van der Waals surface area (Å²) >= 11 is 0. The van der Waals surface area contributed by atoms with Crippen molar-refractivity contribution in [3.05, 3.63) is 29.3 Å². The third kappa shape index (κ3) is 3.30. The van der Waals surface area contributed by atoms with Gasteiger partial charge in [-0.1, -0.05) is 26.8 Å². The number of benzene rings is 1. The van der Waals surface area contributed by atoms with E-state index >= 15 is 0 Å². The number of piperazine rings is 1. The van der Waals surface area contributed by atoms with Crippen molar-refractivity contribution in [3.8, 4) is 0 Å². The first-order valence-electron chi connectivity index (χ1n) is 7.73. The summed E-state index contributed by atoms with van der Waals surface area (Å²) < 4.78 is 0. The molecule has 1 saturated heterocycles. The van der Waals surface area contributed by atoms with E-state index in [1.165, 1.54) is 42.9 Å². The van der Waals surface area contributed by atoms with E-state index < -0.39 is 0 Å². The number of aryl methyl sites for hydroxylation is 1. The maximum atomic E-state index is 2.54. The first-order chi connectivity index (χ1) is 9.15. The third-order valence-electron chi connectivity index (χ3n) is 4.59. The fourth-order valence-electron chi connectivity index (χ4n) is 2.90. The number of nitrogens with zero attached hydrogens (tertiary/aromatic N) is 2. The van der Waals surface area contributed by atoms with Crippen molar-refractivity contribution in [3.63, 3.8) is 0 Å². The van der Waals surface area contributed by atoms with E-state index in [-0.39, 0.29) is 0 Å². The molecule has 0 bridgehead atoms. The van der Waals surface area contributed by atoms with Gasteiger partial charge in [0.1, 0.15) is 0 Å². The minimum Gasteiger partial charge on any atom is -0.369 e. The van der Waals surface area contributed by atoms with Gasteiger partial charge in [-0.25, -0.2) is 0 Å². The minimum absolute atomic E-state index is 0.664. The van der Waals surface area contributed by atoms with Crippen LogP contribution in [0.3, 0.4) is 0 Å². The Balaban J connectivity index is 2.13. The molecule has 1 fully saturated rings. The molecular formula is C17H28N2. The highest BCUT2D eigenvalue weighted by Crippen LogP contribution is 2.27. The lowest BCUT2D eigenvalue weighted by atomic mass is 9.93. The predicted octanol–water partition coefficient (Wildman–Crippen LogP) is 3.65. The van der Waals surface area contributed by atoms with Gasteiger partial charge in [0.15, 0.2) is 0 Å². The molecule has 1 atom stereocenters. The largest absolute Gasteiger partial charge is 0.369 e. The van der Waals surface area contributed by atoms with Crippen LogP contribution in [0.25, 0.3) is 0 Å². The molecule has 1 unspecified atom stereocenters. The molecule has 0 aromatic heterocycles. The van der Waals surface area contributed by atoms with Gasteiger partial charge in [0.2, 0.25) is 0 Å². The second-order valence-corrected chi connectivity index (χ2v) is 5.77. The van der Waals surface area contributed by atoms with E-state index in [0.717, 1.165) is 13.1 Å². The predicted molar refractivity (Wildman–Crippen MR) is 84.2 cm³/mol. The van der Waals surface area contributed by atoms with Crippen LogP contribution in [-0.4, -0.2) is 37.6 Å². The molecule has 0 aliphatic carbocycles. The molecule has 1 aromatic rings. The monoisotopic (exact) mass is 260 g/mol. The van der Waals surface area contributed by atoms with E-state index in [1.54, 1.807) is 0 Å². The molecule has 2 heteroatoms. The van der Waals surface area contributed by atoms with Crippen LogP contribution >= 0.6 is 0 Å². The van der Waals surface area contributed by atoms with Crippen molar-refractivity contribution >= 4 is 5.69 Å². The molecule has 1 aliphatic heterocycles. The van der Waals surface area contributed by atoms with Gasteiger partial charge in [0.25, 0.3) is 0 Å². The average molecular weight is 260 g/mol. The lowest BCUT2D eigenvalue weighted by molar-refractivity contribution is 0.271. The summed E-state index contributed by atoms with van der Waals surface area (Å²) in [6.07, 6.45) is 1.22. The topological polar surface area (TPSA) is 6.48 Å². The van der Waals surface area contributed by atoms with Gasteiger partial charge in [-0.2, -0.15) is 0 Å². The summed E-state index contributed by atoms with van der Waals surface area (Å²) in [5.41, 5.74) is 4.37. The zero-order valence-electron chi connectivity index (χ0n) is 12.9. The van der Waals surface area contributed by atoms with Crippen LogP contribution in [0.5, 0.6) is 0 Å². The zero-order chi connectivity index (χ0) is 13.8. The lowest BCUT2D eigenvalue weighted by Gasteiger charge is -2.36. The number of anilines is 1. The Labute approximate surface area is 118 Å². The maximum Gasteiger partial charge on any atom is 0.0370 e. The molecule has 1 aliphatic rings. The Morgan fingerprint density at radius 1 is 1.11 bits per heavy atom. The summed E-state index contributed by atoms with van der Waals surface area (Å²) in [5.74, 6) is 0.664. The molecule has 0 amide bonds. The van der Waals surface area contributed by atoms with Gasteiger partial charge in [-0.15, -0.1) is 0 Å². The second kappa shape index (κ2) is 6.42. The Bertz CT molecular complexity index is 406. The van der Waals surface area contributed by atoms with Gasteiger partial charge < -0.3 is 9.80 Å². The van der Waals surface area contributed by atoms with Gasteiger partial charge in [-0.05, 0) is 49.1 Å². The fraction of sp³-hybridized carbons (Fsp3) is 0.647. The summed E-state index contributed by atoms with van der Waals surface area (Å²) in [7, 11) is 0. The molecule has 2 rings (SSSR count). The molecule has 0 N–H and O–H groups in total. The third-order valence-corrected chi connectivity index (χ3v) is 4.59. The van der Waals surface area contributed by atoms with Gasteiger partial charge in [0.05, 0.1) is 0 Å². The molecule has 19 heavy (non-hydrogen) atoms. The molecule has 1 heterocycles. The van der Waals surface area contributed by atoms with E-state index in [9.17, 15) is 0 Å². The number of likely N-dealkylation sites (N-methyl/N-ethyl adjacent to an activating group) is 1. The van der Waals surface area contributed by atoms with Crippen LogP contribution in [0.15, 0.2) is 18.2 Å². The zero-order valence-corrected chi connectivity index (χ0v) is 12.9. The summed E-state index contributed by atoms with van der Waals surface area (Å²) in [4.78, 5) is 5.07. The molecule has 1 aromatic carbocycles. The molecule has 0 radical (unpaired) electrons. The van der Waals surface area contributed by atoms with E-state index in [0.29, 0.717) is 5.92 Å². The highest BCUT2D eigenvalue weighted by Gasteiger charge is 2.17. The number of rotatable bonds is 4. The van der Waals surface area contributed by atoms with Crippen molar-refractivity contribution in [1.29, 1.82) is 0 Å². The first kappa shape index (κ1) is 14.4. The molecule has 0 spiro atoms. The van der Waals surface area contributed by atoms with Crippen LogP contribution < -0.4 is 4.90 Å². The Kier molecular flexibility index (Phi) is 4.87. The van der Waals surface area contributed by atoms with Crippen LogP contribution in [0.2, 0.25) is 0 Å². The highest BCUT2D eigenvalue weighted by atomic mass is 15.3. The maximum absolute atomic E-state index is 2.54. The Hall–Kier alpha value is -1.02. The lowest BCUT2D eigenvalue weighted by Crippen LogP contribution is -2.46. The minimum atomic E-state index is 0.664. The molecule has 0 saturated carbocycles. The van der Waals surface area contributed by atoms with E-state index in [1.807, 2.05) is 0 Å². The smallest absolute Gasteiger partial charge is 0.0370 e. The van der Waals surface area contributed by atoms with E-state index in [4.69, 9.17) is 0 Å². The van der Waals surface area contributed by atoms with Crippen molar-refractivity contribution < 1.29 is 0 Å². The SMILES string of the molecule is CCC(C)c1cc(N2CCN(CC)CC2)ccc1C. The van der Waals surface area contributed by atoms with Gasteiger partial charge in [-0.3, -0.25) is 0 Å².